The van der Waals surface area contributed by atoms with Crippen molar-refractivity contribution >= 4 is 17.4 Å². The van der Waals surface area contributed by atoms with Gasteiger partial charge in [0.05, 0.1) is 18.2 Å². The first kappa shape index (κ1) is 20.6. The van der Waals surface area contributed by atoms with Gasteiger partial charge in [-0.05, 0) is 42.7 Å². The average molecular weight is 395 g/mol. The lowest BCUT2D eigenvalue weighted by molar-refractivity contribution is -0.140. The molecule has 1 aliphatic heterocycles. The molecule has 3 rings (SSSR count). The number of carbonyl (C=O) groups excluding carboxylic acids is 2. The minimum atomic E-state index is -0.722. The van der Waals surface area contributed by atoms with Gasteiger partial charge in [0.25, 0.3) is 11.7 Å². The number of ether oxygens (including phenoxy) is 1. The van der Waals surface area contributed by atoms with Crippen molar-refractivity contribution in [2.45, 2.75) is 25.8 Å². The quantitative estimate of drug-likeness (QED) is 0.407. The zero-order valence-electron chi connectivity index (χ0n) is 16.4. The van der Waals surface area contributed by atoms with Crippen molar-refractivity contribution in [3.05, 3.63) is 71.3 Å². The highest BCUT2D eigenvalue weighted by Gasteiger charge is 2.45. The van der Waals surface area contributed by atoms with Crippen LogP contribution in [0.5, 0.6) is 5.75 Å². The second kappa shape index (κ2) is 9.39. The topological polar surface area (TPSA) is 87.1 Å². The number of benzene rings is 2. The van der Waals surface area contributed by atoms with Crippen molar-refractivity contribution in [3.63, 3.8) is 0 Å². The number of ketones is 1. The van der Waals surface area contributed by atoms with Gasteiger partial charge in [-0.25, -0.2) is 0 Å². The summed E-state index contributed by atoms with van der Waals surface area (Å²) in [5.41, 5.74) is 1.23. The van der Waals surface area contributed by atoms with Crippen molar-refractivity contribution in [2.75, 3.05) is 19.8 Å². The monoisotopic (exact) mass is 395 g/mol. The Morgan fingerprint density at radius 1 is 1.07 bits per heavy atom. The van der Waals surface area contributed by atoms with Crippen LogP contribution >= 0.6 is 0 Å². The number of Topliss-reactive ketones (excluding diaryl/α,β-unsaturated/α-hetero) is 1. The number of likely N-dealkylation sites (tertiary alicyclic amines) is 1. The SMILES string of the molecule is CCCOc1ccc(/C(O)=C2\C(=O)C(=O)N(CCCO)C2c2ccccc2)cc1. The van der Waals surface area contributed by atoms with Crippen molar-refractivity contribution in [3.8, 4) is 5.75 Å². The molecule has 0 aromatic heterocycles. The number of amides is 1. The van der Waals surface area contributed by atoms with E-state index < -0.39 is 17.7 Å². The number of nitrogens with zero attached hydrogens (tertiary/aromatic N) is 1. The molecule has 0 bridgehead atoms. The summed E-state index contributed by atoms with van der Waals surface area (Å²) in [5.74, 6) is -0.936. The molecule has 1 atom stereocenters. The van der Waals surface area contributed by atoms with Gasteiger partial charge in [0.1, 0.15) is 11.5 Å². The highest BCUT2D eigenvalue weighted by atomic mass is 16.5. The number of carbonyl (C=O) groups is 2. The molecule has 0 saturated carbocycles. The van der Waals surface area contributed by atoms with Crippen molar-refractivity contribution in [2.24, 2.45) is 0 Å². The molecule has 2 aromatic rings. The second-order valence-corrected chi connectivity index (χ2v) is 6.85. The molecule has 0 radical (unpaired) electrons. The van der Waals surface area contributed by atoms with E-state index in [-0.39, 0.29) is 24.5 Å². The summed E-state index contributed by atoms with van der Waals surface area (Å²) in [7, 11) is 0. The van der Waals surface area contributed by atoms with Crippen LogP contribution in [0.4, 0.5) is 0 Å². The molecule has 1 heterocycles. The molecule has 1 aliphatic rings. The lowest BCUT2D eigenvalue weighted by atomic mass is 9.95. The molecular weight excluding hydrogens is 370 g/mol. The van der Waals surface area contributed by atoms with E-state index >= 15 is 0 Å². The molecule has 2 N–H and O–H groups in total. The molecule has 1 saturated heterocycles. The average Bonchev–Trinajstić information content (AvgIpc) is 3.01. The normalized spacial score (nSPS) is 18.3. The molecule has 6 nitrogen and oxygen atoms in total. The Kier molecular flexibility index (Phi) is 6.67. The Morgan fingerprint density at radius 3 is 2.38 bits per heavy atom. The van der Waals surface area contributed by atoms with Gasteiger partial charge in [-0.3, -0.25) is 9.59 Å². The fraction of sp³-hybridized carbons (Fsp3) is 0.304. The maximum Gasteiger partial charge on any atom is 0.295 e. The number of aliphatic hydroxyl groups excluding tert-OH is 2. The molecule has 1 unspecified atom stereocenters. The molecule has 1 fully saturated rings. The largest absolute Gasteiger partial charge is 0.507 e. The maximum absolute atomic E-state index is 12.8. The summed E-state index contributed by atoms with van der Waals surface area (Å²) in [6.45, 7) is 2.74. The van der Waals surface area contributed by atoms with Crippen LogP contribution in [0.25, 0.3) is 5.76 Å². The number of aliphatic hydroxyl groups is 2. The summed E-state index contributed by atoms with van der Waals surface area (Å²) in [4.78, 5) is 26.8. The standard InChI is InChI=1S/C23H25NO5/c1-2-15-29-18-11-9-17(10-12-18)21(26)19-20(16-7-4-3-5-8-16)24(13-6-14-25)23(28)22(19)27/h3-5,7-12,20,25-26H,2,6,13-15H2,1H3/b21-19+. The highest BCUT2D eigenvalue weighted by molar-refractivity contribution is 6.46. The summed E-state index contributed by atoms with van der Waals surface area (Å²) in [5, 5.41) is 20.1. The van der Waals surface area contributed by atoms with Crippen LogP contribution in [-0.4, -0.2) is 46.6 Å². The molecule has 0 spiro atoms. The molecule has 152 valence electrons. The van der Waals surface area contributed by atoms with Crippen LogP contribution in [0.3, 0.4) is 0 Å². The molecule has 0 aliphatic carbocycles. The third-order valence-corrected chi connectivity index (χ3v) is 4.81. The third kappa shape index (κ3) is 4.32. The van der Waals surface area contributed by atoms with E-state index in [1.54, 1.807) is 24.3 Å². The van der Waals surface area contributed by atoms with E-state index in [9.17, 15) is 19.8 Å². The van der Waals surface area contributed by atoms with E-state index in [4.69, 9.17) is 4.74 Å². The maximum atomic E-state index is 12.8. The van der Waals surface area contributed by atoms with E-state index in [1.807, 2.05) is 37.3 Å². The zero-order chi connectivity index (χ0) is 20.8. The summed E-state index contributed by atoms with van der Waals surface area (Å²) in [6.07, 6.45) is 1.23. The fourth-order valence-corrected chi connectivity index (χ4v) is 3.42. The summed E-state index contributed by atoms with van der Waals surface area (Å²) < 4.78 is 5.55. The summed E-state index contributed by atoms with van der Waals surface area (Å²) in [6, 6.07) is 15.2. The van der Waals surface area contributed by atoms with E-state index in [0.717, 1.165) is 12.0 Å². The Labute approximate surface area is 170 Å². The minimum Gasteiger partial charge on any atom is -0.507 e. The fourth-order valence-electron chi connectivity index (χ4n) is 3.42. The van der Waals surface area contributed by atoms with Crippen LogP contribution in [0.2, 0.25) is 0 Å². The minimum absolute atomic E-state index is 0.0568. The lowest BCUT2D eigenvalue weighted by Gasteiger charge is -2.25. The van der Waals surface area contributed by atoms with Crippen LogP contribution in [0.1, 0.15) is 36.9 Å². The van der Waals surface area contributed by atoms with Crippen molar-refractivity contribution in [1.82, 2.24) is 4.90 Å². The van der Waals surface area contributed by atoms with Crippen molar-refractivity contribution in [1.29, 1.82) is 0 Å². The highest BCUT2D eigenvalue weighted by Crippen LogP contribution is 2.39. The van der Waals surface area contributed by atoms with E-state index in [0.29, 0.717) is 24.3 Å². The van der Waals surface area contributed by atoms with Crippen LogP contribution in [0, 0.1) is 0 Å². The van der Waals surface area contributed by atoms with Gasteiger partial charge in [0, 0.05) is 18.7 Å². The van der Waals surface area contributed by atoms with Crippen LogP contribution in [-0.2, 0) is 9.59 Å². The number of rotatable bonds is 8. The smallest absolute Gasteiger partial charge is 0.295 e. The van der Waals surface area contributed by atoms with Gasteiger partial charge in [-0.1, -0.05) is 37.3 Å². The Balaban J connectivity index is 2.03. The molecule has 2 aromatic carbocycles. The predicted octanol–water partition coefficient (Wildman–Crippen LogP) is 3.28. The lowest BCUT2D eigenvalue weighted by Crippen LogP contribution is -2.31. The predicted molar refractivity (Wildman–Crippen MR) is 109 cm³/mol. The Morgan fingerprint density at radius 2 is 1.76 bits per heavy atom. The van der Waals surface area contributed by atoms with Gasteiger partial charge in [0.2, 0.25) is 0 Å². The van der Waals surface area contributed by atoms with Crippen molar-refractivity contribution < 1.29 is 24.5 Å². The van der Waals surface area contributed by atoms with Crippen LogP contribution in [0.15, 0.2) is 60.2 Å². The van der Waals surface area contributed by atoms with Gasteiger partial charge < -0.3 is 19.8 Å². The first-order chi connectivity index (χ1) is 14.1. The first-order valence-corrected chi connectivity index (χ1v) is 9.76. The molecule has 6 heteroatoms. The number of hydrogen-bond donors (Lipinski definition) is 2. The van der Waals surface area contributed by atoms with Crippen LogP contribution < -0.4 is 4.74 Å². The van der Waals surface area contributed by atoms with Gasteiger partial charge in [0.15, 0.2) is 0 Å². The third-order valence-electron chi connectivity index (χ3n) is 4.81. The number of hydrogen-bond acceptors (Lipinski definition) is 5. The second-order valence-electron chi connectivity index (χ2n) is 6.85. The molecule has 1 amide bonds. The summed E-state index contributed by atoms with van der Waals surface area (Å²) >= 11 is 0. The Hall–Kier alpha value is -3.12. The van der Waals surface area contributed by atoms with Gasteiger partial charge >= 0.3 is 0 Å². The van der Waals surface area contributed by atoms with E-state index in [1.165, 1.54) is 4.90 Å². The van der Waals surface area contributed by atoms with Gasteiger partial charge in [-0.15, -0.1) is 0 Å². The van der Waals surface area contributed by atoms with E-state index in [2.05, 4.69) is 0 Å². The first-order valence-electron chi connectivity index (χ1n) is 9.76. The zero-order valence-corrected chi connectivity index (χ0v) is 16.4. The molecule has 29 heavy (non-hydrogen) atoms. The van der Waals surface area contributed by atoms with Gasteiger partial charge in [-0.2, -0.15) is 0 Å². The Bertz CT molecular complexity index is 889. The molecular formula is C23H25NO5.